The van der Waals surface area contributed by atoms with Crippen molar-refractivity contribution in [2.24, 2.45) is 0 Å². The van der Waals surface area contributed by atoms with Crippen molar-refractivity contribution < 1.29 is 23.0 Å². The molecule has 1 N–H and O–H groups in total. The molecule has 1 amide bonds. The summed E-state index contributed by atoms with van der Waals surface area (Å²) >= 11 is 6.28. The van der Waals surface area contributed by atoms with Crippen LogP contribution in [0.3, 0.4) is 0 Å². The van der Waals surface area contributed by atoms with Gasteiger partial charge in [-0.2, -0.15) is 13.5 Å². The third kappa shape index (κ3) is 4.77. The van der Waals surface area contributed by atoms with Gasteiger partial charge in [-0.25, -0.2) is 0 Å². The highest BCUT2D eigenvalue weighted by Crippen LogP contribution is 2.30. The fourth-order valence-electron chi connectivity index (χ4n) is 2.65. The Morgan fingerprint density at radius 2 is 2.07 bits per heavy atom. The minimum Gasteiger partial charge on any atom is -0.496 e. The van der Waals surface area contributed by atoms with E-state index in [0.29, 0.717) is 11.3 Å². The third-order valence-electron chi connectivity index (χ3n) is 4.04. The predicted octanol–water partition coefficient (Wildman–Crippen LogP) is 3.42. The largest absolute Gasteiger partial charge is 0.496 e. The second kappa shape index (κ2) is 8.82. The maximum atomic E-state index is 12.8. The molecule has 0 bridgehead atoms. The monoisotopic (exact) mass is 423 g/mol. The van der Waals surface area contributed by atoms with E-state index in [2.05, 4.69) is 25.6 Å². The number of ether oxygens (including phenoxy) is 2. The molecule has 152 valence electrons. The van der Waals surface area contributed by atoms with E-state index in [4.69, 9.17) is 16.3 Å². The van der Waals surface area contributed by atoms with E-state index < -0.39 is 18.6 Å². The maximum Gasteiger partial charge on any atom is 0.387 e. The molecule has 3 rings (SSSR count). The lowest BCUT2D eigenvalue weighted by atomic mass is 10.1. The number of hydrogen-bond donors (Lipinski definition) is 1. The minimum absolute atomic E-state index is 0.00465. The quantitative estimate of drug-likeness (QED) is 0.626. The summed E-state index contributed by atoms with van der Waals surface area (Å²) in [6, 6.07) is 8.58. The van der Waals surface area contributed by atoms with E-state index in [1.54, 1.807) is 19.1 Å². The molecular weight excluding hydrogens is 408 g/mol. The predicted molar refractivity (Wildman–Crippen MR) is 99.7 cm³/mol. The van der Waals surface area contributed by atoms with Crippen molar-refractivity contribution in [3.63, 3.8) is 0 Å². The van der Waals surface area contributed by atoms with Crippen LogP contribution in [-0.2, 0) is 0 Å². The van der Waals surface area contributed by atoms with Crippen molar-refractivity contribution in [1.29, 1.82) is 0 Å². The number of aromatic nitrogens is 4. The number of carbonyl (C=O) groups is 1. The molecule has 0 aliphatic carbocycles. The Balaban J connectivity index is 1.82. The Morgan fingerprint density at radius 1 is 1.28 bits per heavy atom. The zero-order valence-electron chi connectivity index (χ0n) is 15.3. The van der Waals surface area contributed by atoms with Crippen LogP contribution in [0.25, 0.3) is 5.69 Å². The van der Waals surface area contributed by atoms with Crippen LogP contribution in [0.2, 0.25) is 5.02 Å². The van der Waals surface area contributed by atoms with Crippen LogP contribution >= 0.6 is 11.6 Å². The van der Waals surface area contributed by atoms with Crippen molar-refractivity contribution in [1.82, 2.24) is 25.5 Å². The average Bonchev–Trinajstić information content (AvgIpc) is 3.22. The van der Waals surface area contributed by atoms with Gasteiger partial charge in [-0.1, -0.05) is 23.7 Å². The first kappa shape index (κ1) is 20.5. The van der Waals surface area contributed by atoms with Gasteiger partial charge in [0.05, 0.1) is 29.4 Å². The number of nitrogens with one attached hydrogen (secondary N) is 1. The molecule has 1 atom stereocenters. The lowest BCUT2D eigenvalue weighted by Gasteiger charge is -2.17. The van der Waals surface area contributed by atoms with Crippen molar-refractivity contribution in [3.8, 4) is 17.2 Å². The third-order valence-corrected chi connectivity index (χ3v) is 4.34. The van der Waals surface area contributed by atoms with Gasteiger partial charge >= 0.3 is 6.61 Å². The number of amides is 1. The number of methoxy groups -OCH3 is 1. The molecule has 3 aromatic rings. The standard InChI is InChI=1S/C18H16ClF2N5O3/c1-10(11-4-3-5-12(6-11)29-18(20)21)23-17(27)13-7-14(19)15(8-16(13)28-2)26-9-22-24-25-26/h3-10,18H,1-2H3,(H,23,27). The summed E-state index contributed by atoms with van der Waals surface area (Å²) in [6.07, 6.45) is 1.36. The molecule has 29 heavy (non-hydrogen) atoms. The summed E-state index contributed by atoms with van der Waals surface area (Å²) in [6.45, 7) is -1.22. The SMILES string of the molecule is COc1cc(-n2cnnn2)c(Cl)cc1C(=O)NC(C)c1cccc(OC(F)F)c1. The Labute approximate surface area is 169 Å². The van der Waals surface area contributed by atoms with E-state index in [0.717, 1.165) is 0 Å². The van der Waals surface area contributed by atoms with Crippen LogP contribution in [0.4, 0.5) is 8.78 Å². The van der Waals surface area contributed by atoms with Crippen LogP contribution < -0.4 is 14.8 Å². The van der Waals surface area contributed by atoms with Crippen molar-refractivity contribution in [2.75, 3.05) is 7.11 Å². The number of benzene rings is 2. The van der Waals surface area contributed by atoms with E-state index in [1.807, 2.05) is 0 Å². The van der Waals surface area contributed by atoms with Crippen LogP contribution in [0, 0.1) is 0 Å². The first-order valence-corrected chi connectivity index (χ1v) is 8.73. The average molecular weight is 424 g/mol. The van der Waals surface area contributed by atoms with Gasteiger partial charge in [0.25, 0.3) is 5.91 Å². The van der Waals surface area contributed by atoms with Crippen molar-refractivity contribution in [3.05, 3.63) is 58.9 Å². The molecule has 1 aromatic heterocycles. The molecule has 1 unspecified atom stereocenters. The number of hydrogen-bond acceptors (Lipinski definition) is 6. The Bertz CT molecular complexity index is 1000. The highest BCUT2D eigenvalue weighted by molar-refractivity contribution is 6.33. The second-order valence-corrected chi connectivity index (χ2v) is 6.31. The molecule has 0 aliphatic heterocycles. The molecule has 2 aromatic carbocycles. The van der Waals surface area contributed by atoms with Crippen molar-refractivity contribution in [2.45, 2.75) is 19.6 Å². The van der Waals surface area contributed by atoms with Gasteiger partial charge in [0.1, 0.15) is 17.8 Å². The number of tetrazole rings is 1. The molecule has 0 spiro atoms. The summed E-state index contributed by atoms with van der Waals surface area (Å²) in [7, 11) is 1.41. The van der Waals surface area contributed by atoms with Crippen molar-refractivity contribution >= 4 is 17.5 Å². The molecule has 0 saturated heterocycles. The summed E-state index contributed by atoms with van der Waals surface area (Å²) in [5, 5.41) is 13.9. The minimum atomic E-state index is -2.93. The highest BCUT2D eigenvalue weighted by Gasteiger charge is 2.20. The van der Waals surface area contributed by atoms with Gasteiger partial charge in [0.15, 0.2) is 0 Å². The van der Waals surface area contributed by atoms with Gasteiger partial charge in [-0.05, 0) is 41.1 Å². The maximum absolute atomic E-state index is 12.8. The number of carbonyl (C=O) groups excluding carboxylic acids is 1. The van der Waals surface area contributed by atoms with E-state index >= 15 is 0 Å². The second-order valence-electron chi connectivity index (χ2n) is 5.90. The number of halogens is 3. The number of alkyl halides is 2. The molecule has 11 heteroatoms. The molecule has 0 saturated carbocycles. The zero-order valence-corrected chi connectivity index (χ0v) is 16.1. The van der Waals surface area contributed by atoms with Crippen LogP contribution in [0.15, 0.2) is 42.7 Å². The normalized spacial score (nSPS) is 11.9. The molecular formula is C18H16ClF2N5O3. The Morgan fingerprint density at radius 3 is 2.72 bits per heavy atom. The van der Waals surface area contributed by atoms with E-state index in [1.165, 1.54) is 42.4 Å². The zero-order chi connectivity index (χ0) is 21.0. The first-order chi connectivity index (χ1) is 13.9. The highest BCUT2D eigenvalue weighted by atomic mass is 35.5. The summed E-state index contributed by atoms with van der Waals surface area (Å²) in [5.41, 5.74) is 1.22. The molecule has 0 fully saturated rings. The molecule has 0 radical (unpaired) electrons. The molecule has 1 heterocycles. The topological polar surface area (TPSA) is 91.2 Å². The lowest BCUT2D eigenvalue weighted by molar-refractivity contribution is -0.0499. The first-order valence-electron chi connectivity index (χ1n) is 8.35. The lowest BCUT2D eigenvalue weighted by Crippen LogP contribution is -2.27. The fraction of sp³-hybridized carbons (Fsp3) is 0.222. The van der Waals surface area contributed by atoms with Crippen LogP contribution in [0.1, 0.15) is 28.9 Å². The van der Waals surface area contributed by atoms with Gasteiger partial charge in [-0.15, -0.1) is 5.10 Å². The van der Waals surface area contributed by atoms with Crippen LogP contribution in [-0.4, -0.2) is 39.8 Å². The Kier molecular flexibility index (Phi) is 6.23. The number of nitrogens with zero attached hydrogens (tertiary/aromatic N) is 4. The van der Waals surface area contributed by atoms with Gasteiger partial charge in [0.2, 0.25) is 0 Å². The molecule has 8 nitrogen and oxygen atoms in total. The van der Waals surface area contributed by atoms with Gasteiger partial charge < -0.3 is 14.8 Å². The fourth-order valence-corrected chi connectivity index (χ4v) is 2.90. The number of rotatable bonds is 7. The summed E-state index contributed by atoms with van der Waals surface area (Å²) < 4.78 is 35.9. The van der Waals surface area contributed by atoms with Gasteiger partial charge in [-0.3, -0.25) is 4.79 Å². The smallest absolute Gasteiger partial charge is 0.387 e. The van der Waals surface area contributed by atoms with E-state index in [9.17, 15) is 13.6 Å². The summed E-state index contributed by atoms with van der Waals surface area (Å²) in [5.74, 6) is -0.191. The summed E-state index contributed by atoms with van der Waals surface area (Å²) in [4.78, 5) is 12.8. The van der Waals surface area contributed by atoms with Gasteiger partial charge in [0, 0.05) is 6.07 Å². The molecule has 0 aliphatic rings. The van der Waals surface area contributed by atoms with E-state index in [-0.39, 0.29) is 22.1 Å². The van der Waals surface area contributed by atoms with Crippen LogP contribution in [0.5, 0.6) is 11.5 Å². The Hall–Kier alpha value is -3.27.